The van der Waals surface area contributed by atoms with Crippen LogP contribution < -0.4 is 0 Å². The van der Waals surface area contributed by atoms with Gasteiger partial charge in [-0.15, -0.1) is 0 Å². The van der Waals surface area contributed by atoms with E-state index in [0.29, 0.717) is 0 Å². The van der Waals surface area contributed by atoms with Gasteiger partial charge >= 0.3 is 0 Å². The van der Waals surface area contributed by atoms with Gasteiger partial charge in [0, 0.05) is 0 Å². The molecule has 0 rings (SSSR count). The third-order valence-electron chi connectivity index (χ3n) is 0.887. The van der Waals surface area contributed by atoms with Crippen LogP contribution in [0.5, 0.6) is 0 Å². The lowest BCUT2D eigenvalue weighted by molar-refractivity contribution is 0.0434. The zero-order valence-electron chi connectivity index (χ0n) is 4.79. The molecule has 0 aromatic rings. The Morgan fingerprint density at radius 2 is 1.67 bits per heavy atom. The zero-order valence-corrected chi connectivity index (χ0v) is 4.79. The first-order chi connectivity index (χ1) is 4.18. The Labute approximate surface area is 50.9 Å². The van der Waals surface area contributed by atoms with Crippen molar-refractivity contribution in [3.05, 3.63) is 0 Å². The Kier molecular flexibility index (Phi) is 4.44. The number of hydrogen-bond acceptors (Lipinski definition) is 0. The standard InChI is InChI=1S/C5H8F4/c6-3-1-2-4(7)5(8)9/h4-5H,1-3H2. The van der Waals surface area contributed by atoms with Crippen LogP contribution in [-0.2, 0) is 0 Å². The maximum absolute atomic E-state index is 11.8. The van der Waals surface area contributed by atoms with Crippen LogP contribution in [0.3, 0.4) is 0 Å². The van der Waals surface area contributed by atoms with Crippen molar-refractivity contribution in [1.82, 2.24) is 0 Å². The van der Waals surface area contributed by atoms with Crippen LogP contribution in [0.15, 0.2) is 0 Å². The Balaban J connectivity index is 3.16. The minimum absolute atomic E-state index is 0.120. The van der Waals surface area contributed by atoms with E-state index in [1.165, 1.54) is 0 Å². The number of rotatable bonds is 4. The van der Waals surface area contributed by atoms with Gasteiger partial charge in [-0.05, 0) is 12.8 Å². The lowest BCUT2D eigenvalue weighted by atomic mass is 10.2. The molecule has 1 unspecified atom stereocenters. The molecule has 0 saturated carbocycles. The second-order valence-corrected chi connectivity index (χ2v) is 1.68. The molecule has 0 spiro atoms. The first kappa shape index (κ1) is 8.72. The molecule has 4 heteroatoms. The topological polar surface area (TPSA) is 0 Å². The summed E-state index contributed by atoms with van der Waals surface area (Å²) >= 11 is 0. The fourth-order valence-electron chi connectivity index (χ4n) is 0.398. The van der Waals surface area contributed by atoms with Crippen molar-refractivity contribution in [3.8, 4) is 0 Å². The summed E-state index contributed by atoms with van der Waals surface area (Å²) in [6.45, 7) is -0.729. The van der Waals surface area contributed by atoms with Gasteiger partial charge in [-0.1, -0.05) is 0 Å². The van der Waals surface area contributed by atoms with Crippen molar-refractivity contribution < 1.29 is 17.6 Å². The molecule has 0 fully saturated rings. The summed E-state index contributed by atoms with van der Waals surface area (Å²) in [5.41, 5.74) is 0. The SMILES string of the molecule is FCCCC(F)C(F)F. The van der Waals surface area contributed by atoms with E-state index in [4.69, 9.17) is 0 Å². The predicted molar refractivity (Wildman–Crippen MR) is 26.1 cm³/mol. The molecule has 56 valence electrons. The Morgan fingerprint density at radius 1 is 1.11 bits per heavy atom. The molecule has 1 atom stereocenters. The van der Waals surface area contributed by atoms with Crippen molar-refractivity contribution in [3.63, 3.8) is 0 Å². The highest BCUT2D eigenvalue weighted by molar-refractivity contribution is 4.57. The van der Waals surface area contributed by atoms with Gasteiger partial charge in [0.1, 0.15) is 0 Å². The maximum Gasteiger partial charge on any atom is 0.269 e. The molecule has 0 aromatic heterocycles. The van der Waals surface area contributed by atoms with Crippen LogP contribution in [0, 0.1) is 0 Å². The van der Waals surface area contributed by atoms with Crippen LogP contribution >= 0.6 is 0 Å². The van der Waals surface area contributed by atoms with Gasteiger partial charge in [-0.2, -0.15) is 0 Å². The minimum Gasteiger partial charge on any atom is -0.251 e. The van der Waals surface area contributed by atoms with Crippen molar-refractivity contribution in [2.45, 2.75) is 25.4 Å². The summed E-state index contributed by atoms with van der Waals surface area (Å²) in [4.78, 5) is 0. The fourth-order valence-corrected chi connectivity index (χ4v) is 0.398. The van der Waals surface area contributed by atoms with Crippen LogP contribution in [-0.4, -0.2) is 19.3 Å². The highest BCUT2D eigenvalue weighted by Gasteiger charge is 2.17. The van der Waals surface area contributed by atoms with Crippen molar-refractivity contribution in [2.24, 2.45) is 0 Å². The molecule has 0 heterocycles. The van der Waals surface area contributed by atoms with E-state index in [1.54, 1.807) is 0 Å². The molecule has 0 aliphatic rings. The average molecular weight is 144 g/mol. The lowest BCUT2D eigenvalue weighted by Crippen LogP contribution is -2.11. The van der Waals surface area contributed by atoms with Gasteiger partial charge in [-0.3, -0.25) is 4.39 Å². The normalized spacial score (nSPS) is 14.3. The van der Waals surface area contributed by atoms with Crippen molar-refractivity contribution in [1.29, 1.82) is 0 Å². The van der Waals surface area contributed by atoms with Gasteiger partial charge in [0.05, 0.1) is 6.67 Å². The van der Waals surface area contributed by atoms with Crippen molar-refractivity contribution >= 4 is 0 Å². The second-order valence-electron chi connectivity index (χ2n) is 1.68. The van der Waals surface area contributed by atoms with Crippen LogP contribution in [0.4, 0.5) is 17.6 Å². The Morgan fingerprint density at radius 3 is 2.00 bits per heavy atom. The summed E-state index contributed by atoms with van der Waals surface area (Å²) in [6, 6.07) is 0. The molecule has 0 saturated heterocycles. The molecule has 0 radical (unpaired) electrons. The van der Waals surface area contributed by atoms with Gasteiger partial charge in [0.2, 0.25) is 0 Å². The van der Waals surface area contributed by atoms with Gasteiger partial charge in [0.15, 0.2) is 6.17 Å². The van der Waals surface area contributed by atoms with E-state index < -0.39 is 19.3 Å². The lowest BCUT2D eigenvalue weighted by Gasteiger charge is -2.02. The van der Waals surface area contributed by atoms with E-state index in [9.17, 15) is 17.6 Å². The summed E-state index contributed by atoms with van der Waals surface area (Å²) in [7, 11) is 0. The van der Waals surface area contributed by atoms with Crippen LogP contribution in [0.2, 0.25) is 0 Å². The average Bonchev–Trinajstić information content (AvgIpc) is 1.82. The largest absolute Gasteiger partial charge is 0.269 e. The summed E-state index contributed by atoms with van der Waals surface area (Å²) < 4.78 is 45.5. The fraction of sp³-hybridized carbons (Fsp3) is 1.00. The monoisotopic (exact) mass is 144 g/mol. The third kappa shape index (κ3) is 4.24. The Bertz CT molecular complexity index is 64.0. The quantitative estimate of drug-likeness (QED) is 0.531. The summed E-state index contributed by atoms with van der Waals surface area (Å²) in [6.07, 6.45) is -5.61. The number of alkyl halides is 4. The Hall–Kier alpha value is -0.280. The van der Waals surface area contributed by atoms with Crippen LogP contribution in [0.1, 0.15) is 12.8 Å². The van der Waals surface area contributed by atoms with Gasteiger partial charge in [-0.25, -0.2) is 13.2 Å². The van der Waals surface area contributed by atoms with Crippen molar-refractivity contribution in [2.75, 3.05) is 6.67 Å². The molecule has 0 bridgehead atoms. The molecule has 0 aliphatic heterocycles. The molecular formula is C5H8F4. The molecule has 0 aromatic carbocycles. The molecule has 0 N–H and O–H groups in total. The predicted octanol–water partition coefficient (Wildman–Crippen LogP) is 2.34. The highest BCUT2D eigenvalue weighted by atomic mass is 19.3. The first-order valence-electron chi connectivity index (χ1n) is 2.66. The molecular weight excluding hydrogens is 136 g/mol. The smallest absolute Gasteiger partial charge is 0.251 e. The third-order valence-corrected chi connectivity index (χ3v) is 0.887. The first-order valence-corrected chi connectivity index (χ1v) is 2.66. The number of halogens is 4. The van der Waals surface area contributed by atoms with E-state index in [2.05, 4.69) is 0 Å². The van der Waals surface area contributed by atoms with E-state index in [-0.39, 0.29) is 12.8 Å². The van der Waals surface area contributed by atoms with E-state index in [0.717, 1.165) is 0 Å². The van der Waals surface area contributed by atoms with Gasteiger partial charge in [0.25, 0.3) is 6.43 Å². The van der Waals surface area contributed by atoms with Crippen LogP contribution in [0.25, 0.3) is 0 Å². The zero-order chi connectivity index (χ0) is 7.28. The molecule has 0 aliphatic carbocycles. The molecule has 0 nitrogen and oxygen atoms in total. The molecule has 9 heavy (non-hydrogen) atoms. The van der Waals surface area contributed by atoms with E-state index in [1.807, 2.05) is 0 Å². The highest BCUT2D eigenvalue weighted by Crippen LogP contribution is 2.11. The second kappa shape index (κ2) is 4.58. The maximum atomic E-state index is 11.8. The summed E-state index contributed by atoms with van der Waals surface area (Å²) in [5.74, 6) is 0. The molecule has 0 amide bonds. The van der Waals surface area contributed by atoms with Gasteiger partial charge < -0.3 is 0 Å². The number of hydrogen-bond donors (Lipinski definition) is 0. The summed E-state index contributed by atoms with van der Waals surface area (Å²) in [5, 5.41) is 0. The van der Waals surface area contributed by atoms with E-state index >= 15 is 0 Å². The minimum atomic E-state index is -2.96.